The molecule has 1 aliphatic rings. The van der Waals surface area contributed by atoms with E-state index in [0.717, 1.165) is 28.5 Å². The van der Waals surface area contributed by atoms with Gasteiger partial charge in [-0.05, 0) is 59.8 Å². The van der Waals surface area contributed by atoms with Gasteiger partial charge in [0.15, 0.2) is 6.61 Å². The van der Waals surface area contributed by atoms with Crippen molar-refractivity contribution < 1.29 is 23.9 Å². The topological polar surface area (TPSA) is 84.9 Å². The van der Waals surface area contributed by atoms with Crippen molar-refractivity contribution in [3.05, 3.63) is 96.6 Å². The lowest BCUT2D eigenvalue weighted by Crippen LogP contribution is -2.28. The number of nitrogens with zero attached hydrogens (tertiary/aromatic N) is 1. The van der Waals surface area contributed by atoms with Crippen molar-refractivity contribution in [2.75, 3.05) is 23.4 Å². The minimum Gasteiger partial charge on any atom is -0.457 e. The van der Waals surface area contributed by atoms with Crippen molar-refractivity contribution >= 4 is 39.9 Å². The Balaban J connectivity index is 1.15. The molecule has 1 N–H and O–H groups in total. The summed E-state index contributed by atoms with van der Waals surface area (Å²) in [6.07, 6.45) is 0.944. The van der Waals surface area contributed by atoms with Gasteiger partial charge >= 0.3 is 5.97 Å². The van der Waals surface area contributed by atoms with Gasteiger partial charge in [-0.1, -0.05) is 55.5 Å². The van der Waals surface area contributed by atoms with Crippen LogP contribution in [0.25, 0.3) is 10.8 Å². The van der Waals surface area contributed by atoms with Gasteiger partial charge < -0.3 is 19.7 Å². The lowest BCUT2D eigenvalue weighted by Gasteiger charge is -2.17. The smallest absolute Gasteiger partial charge is 0.311 e. The Morgan fingerprint density at radius 2 is 1.66 bits per heavy atom. The number of aryl methyl sites for hydroxylation is 1. The van der Waals surface area contributed by atoms with Crippen molar-refractivity contribution in [2.24, 2.45) is 5.92 Å². The molecule has 4 aromatic rings. The number of carbonyl (C=O) groups is 3. The van der Waals surface area contributed by atoms with Crippen LogP contribution in [0.4, 0.5) is 11.4 Å². The van der Waals surface area contributed by atoms with Crippen LogP contribution < -0.4 is 15.0 Å². The van der Waals surface area contributed by atoms with Crippen LogP contribution in [0.2, 0.25) is 0 Å². The van der Waals surface area contributed by atoms with Crippen LogP contribution in [-0.4, -0.2) is 30.9 Å². The van der Waals surface area contributed by atoms with Crippen LogP contribution in [0.3, 0.4) is 0 Å². The third kappa shape index (κ3) is 5.67. The average Bonchev–Trinajstić information content (AvgIpc) is 3.34. The van der Waals surface area contributed by atoms with Gasteiger partial charge in [-0.2, -0.15) is 0 Å². The monoisotopic (exact) mass is 508 g/mol. The van der Waals surface area contributed by atoms with Gasteiger partial charge in [0.1, 0.15) is 11.5 Å². The first-order valence-electron chi connectivity index (χ1n) is 12.6. The number of rotatable bonds is 8. The van der Waals surface area contributed by atoms with E-state index < -0.39 is 24.4 Å². The number of amides is 2. The summed E-state index contributed by atoms with van der Waals surface area (Å²) in [7, 11) is 0. The van der Waals surface area contributed by atoms with Crippen LogP contribution in [0.15, 0.2) is 91.0 Å². The molecule has 7 heteroatoms. The minimum absolute atomic E-state index is 0.0349. The van der Waals surface area contributed by atoms with Crippen LogP contribution in [0, 0.1) is 5.92 Å². The lowest BCUT2D eigenvalue weighted by molar-refractivity contribution is -0.151. The molecule has 0 aromatic heterocycles. The summed E-state index contributed by atoms with van der Waals surface area (Å²) in [6, 6.07) is 28.6. The number of benzene rings is 4. The van der Waals surface area contributed by atoms with Crippen LogP contribution in [-0.2, 0) is 25.5 Å². The van der Waals surface area contributed by atoms with Gasteiger partial charge in [0.2, 0.25) is 5.91 Å². The number of hydrogen-bond acceptors (Lipinski definition) is 5. The first-order chi connectivity index (χ1) is 18.5. The molecule has 1 saturated heterocycles. The number of fused-ring (bicyclic) bond motifs is 1. The van der Waals surface area contributed by atoms with Crippen LogP contribution in [0.5, 0.6) is 11.5 Å². The molecule has 1 aliphatic heterocycles. The molecule has 1 fully saturated rings. The summed E-state index contributed by atoms with van der Waals surface area (Å²) < 4.78 is 11.3. The number of carbonyl (C=O) groups excluding carboxylic acids is 3. The van der Waals surface area contributed by atoms with E-state index >= 15 is 0 Å². The van der Waals surface area contributed by atoms with Crippen molar-refractivity contribution in [2.45, 2.75) is 19.8 Å². The highest BCUT2D eigenvalue weighted by atomic mass is 16.5. The van der Waals surface area contributed by atoms with Gasteiger partial charge in [-0.3, -0.25) is 14.4 Å². The largest absolute Gasteiger partial charge is 0.457 e. The van der Waals surface area contributed by atoms with Gasteiger partial charge in [0.05, 0.1) is 5.92 Å². The maximum absolute atomic E-state index is 12.7. The first kappa shape index (κ1) is 25.0. The van der Waals surface area contributed by atoms with Gasteiger partial charge in [-0.25, -0.2) is 0 Å². The molecule has 192 valence electrons. The summed E-state index contributed by atoms with van der Waals surface area (Å²) in [5.74, 6) is -0.402. The zero-order valence-electron chi connectivity index (χ0n) is 21.1. The number of ether oxygens (including phenoxy) is 2. The Bertz CT molecular complexity index is 1460. The zero-order valence-corrected chi connectivity index (χ0v) is 21.1. The summed E-state index contributed by atoms with van der Waals surface area (Å²) in [6.45, 7) is 1.85. The standard InChI is InChI=1S/C31H28N2O5/c1-2-21-10-12-24(13-11-21)32-29(34)20-37-31(36)23-18-30(35)33(19-23)25-14-16-26(17-15-25)38-28-9-5-7-22-6-3-4-8-27(22)28/h3-17,23H,2,18-20H2,1H3,(H,32,34)/t23-/m0/s1. The van der Waals surface area contributed by atoms with Crippen molar-refractivity contribution in [1.29, 1.82) is 0 Å². The van der Waals surface area contributed by atoms with E-state index in [2.05, 4.69) is 12.2 Å². The van der Waals surface area contributed by atoms with Crippen molar-refractivity contribution in [1.82, 2.24) is 0 Å². The fourth-order valence-corrected chi connectivity index (χ4v) is 4.50. The third-order valence-corrected chi connectivity index (χ3v) is 6.58. The number of hydrogen-bond donors (Lipinski definition) is 1. The Labute approximate surface area is 221 Å². The normalized spacial score (nSPS) is 14.9. The lowest BCUT2D eigenvalue weighted by atomic mass is 10.1. The third-order valence-electron chi connectivity index (χ3n) is 6.58. The van der Waals surface area contributed by atoms with Crippen molar-refractivity contribution in [3.8, 4) is 11.5 Å². The van der Waals surface area contributed by atoms with E-state index in [9.17, 15) is 14.4 Å². The molecule has 38 heavy (non-hydrogen) atoms. The molecule has 0 bridgehead atoms. The second-order valence-corrected chi connectivity index (χ2v) is 9.19. The summed E-state index contributed by atoms with van der Waals surface area (Å²) in [5, 5.41) is 4.81. The van der Waals surface area contributed by atoms with E-state index in [0.29, 0.717) is 17.1 Å². The fraction of sp³-hybridized carbons (Fsp3) is 0.194. The SMILES string of the molecule is CCc1ccc(NC(=O)COC(=O)[C@H]2CC(=O)N(c3ccc(Oc4cccc5ccccc45)cc3)C2)cc1. The molecule has 4 aromatic carbocycles. The maximum atomic E-state index is 12.7. The van der Waals surface area contributed by atoms with Crippen molar-refractivity contribution in [3.63, 3.8) is 0 Å². The Hall–Kier alpha value is -4.65. The van der Waals surface area contributed by atoms with E-state index in [1.165, 1.54) is 0 Å². The predicted molar refractivity (Wildman–Crippen MR) is 146 cm³/mol. The zero-order chi connectivity index (χ0) is 26.5. The molecule has 5 rings (SSSR count). The number of nitrogens with one attached hydrogen (secondary N) is 1. The molecule has 0 unspecified atom stereocenters. The van der Waals surface area contributed by atoms with Crippen LogP contribution in [0.1, 0.15) is 18.9 Å². The fourth-order valence-electron chi connectivity index (χ4n) is 4.50. The summed E-state index contributed by atoms with van der Waals surface area (Å²) in [4.78, 5) is 39.0. The maximum Gasteiger partial charge on any atom is 0.311 e. The number of esters is 1. The molecule has 0 spiro atoms. The first-order valence-corrected chi connectivity index (χ1v) is 12.6. The quantitative estimate of drug-likeness (QED) is 0.307. The molecule has 0 saturated carbocycles. The van der Waals surface area contributed by atoms with Crippen LogP contribution >= 0.6 is 0 Å². The van der Waals surface area contributed by atoms with Gasteiger partial charge in [-0.15, -0.1) is 0 Å². The minimum atomic E-state index is -0.634. The van der Waals surface area contributed by atoms with Gasteiger partial charge in [0.25, 0.3) is 5.91 Å². The molecule has 0 aliphatic carbocycles. The highest BCUT2D eigenvalue weighted by Gasteiger charge is 2.36. The predicted octanol–water partition coefficient (Wildman–Crippen LogP) is 5.73. The number of anilines is 2. The van der Waals surface area contributed by atoms with E-state index in [1.54, 1.807) is 29.2 Å². The molecule has 7 nitrogen and oxygen atoms in total. The highest BCUT2D eigenvalue weighted by molar-refractivity contribution is 6.00. The second kappa shape index (κ2) is 11.2. The Morgan fingerprint density at radius 3 is 2.42 bits per heavy atom. The Morgan fingerprint density at radius 1 is 0.921 bits per heavy atom. The van der Waals surface area contributed by atoms with E-state index in [1.807, 2.05) is 66.7 Å². The molecule has 1 atom stereocenters. The molecular weight excluding hydrogens is 480 g/mol. The van der Waals surface area contributed by atoms with E-state index in [-0.39, 0.29) is 18.9 Å². The summed E-state index contributed by atoms with van der Waals surface area (Å²) >= 11 is 0. The molecular formula is C31H28N2O5. The second-order valence-electron chi connectivity index (χ2n) is 9.19. The van der Waals surface area contributed by atoms with E-state index in [4.69, 9.17) is 9.47 Å². The average molecular weight is 509 g/mol. The molecule has 1 heterocycles. The summed E-state index contributed by atoms with van der Waals surface area (Å²) in [5.41, 5.74) is 2.47. The highest BCUT2D eigenvalue weighted by Crippen LogP contribution is 2.32. The Kier molecular flexibility index (Phi) is 7.35. The molecule has 0 radical (unpaired) electrons. The molecule has 2 amide bonds. The van der Waals surface area contributed by atoms with Gasteiger partial charge in [0, 0.05) is 29.7 Å².